The van der Waals surface area contributed by atoms with Crippen LogP contribution < -0.4 is 5.32 Å². The van der Waals surface area contributed by atoms with Crippen LogP contribution in [0.25, 0.3) is 0 Å². The Kier molecular flexibility index (Phi) is 7.23. The molecule has 0 saturated heterocycles. The molecule has 0 saturated carbocycles. The van der Waals surface area contributed by atoms with Crippen molar-refractivity contribution in [1.82, 2.24) is 5.32 Å². The lowest BCUT2D eigenvalue weighted by Gasteiger charge is -2.39. The van der Waals surface area contributed by atoms with E-state index in [0.717, 1.165) is 19.5 Å². The number of nitrogens with one attached hydrogen (secondary N) is 1. The Hall–Kier alpha value is -1.90. The molecule has 128 valence electrons. The standard InChI is InChI=1S/C22H29NO/c1-4-5-12-17-23-18-19(2)22(24-3,20-13-8-6-9-14-20)21-15-10-7-11-16-21/h4-11,13-16,19,23H,12,17-18H2,1-3H3/b5-4+. The first-order chi connectivity index (χ1) is 11.8. The third kappa shape index (κ3) is 4.14. The second kappa shape index (κ2) is 9.41. The molecule has 0 amide bonds. The second-order valence-electron chi connectivity index (χ2n) is 6.13. The predicted octanol–water partition coefficient (Wildman–Crippen LogP) is 4.77. The summed E-state index contributed by atoms with van der Waals surface area (Å²) in [6, 6.07) is 21.1. The molecule has 24 heavy (non-hydrogen) atoms. The molecule has 0 aliphatic rings. The van der Waals surface area contributed by atoms with Crippen molar-refractivity contribution in [2.45, 2.75) is 25.9 Å². The van der Waals surface area contributed by atoms with Gasteiger partial charge in [-0.25, -0.2) is 0 Å². The third-order valence-electron chi connectivity index (χ3n) is 4.60. The average molecular weight is 323 g/mol. The number of benzene rings is 2. The van der Waals surface area contributed by atoms with Crippen molar-refractivity contribution in [3.63, 3.8) is 0 Å². The van der Waals surface area contributed by atoms with Gasteiger partial charge in [-0.15, -0.1) is 0 Å². The smallest absolute Gasteiger partial charge is 0.121 e. The predicted molar refractivity (Wildman–Crippen MR) is 102 cm³/mol. The first kappa shape index (κ1) is 18.4. The highest BCUT2D eigenvalue weighted by Crippen LogP contribution is 2.39. The van der Waals surface area contributed by atoms with E-state index in [1.807, 2.05) is 7.11 Å². The molecule has 0 aliphatic heterocycles. The van der Waals surface area contributed by atoms with Crippen molar-refractivity contribution >= 4 is 0 Å². The lowest BCUT2D eigenvalue weighted by molar-refractivity contribution is -0.0230. The molecule has 0 spiro atoms. The maximum atomic E-state index is 6.20. The number of rotatable bonds is 9. The Morgan fingerprint density at radius 3 is 2.00 bits per heavy atom. The molecule has 0 aliphatic carbocycles. The van der Waals surface area contributed by atoms with Crippen molar-refractivity contribution in [3.05, 3.63) is 83.9 Å². The van der Waals surface area contributed by atoms with E-state index in [9.17, 15) is 0 Å². The summed E-state index contributed by atoms with van der Waals surface area (Å²) in [5, 5.41) is 3.57. The van der Waals surface area contributed by atoms with Crippen LogP contribution in [-0.2, 0) is 10.3 Å². The summed E-state index contributed by atoms with van der Waals surface area (Å²) >= 11 is 0. The fourth-order valence-corrected chi connectivity index (χ4v) is 3.36. The SMILES string of the molecule is C/C=C/CCNCC(C)C(OC)(c1ccccc1)c1ccccc1. The van der Waals surface area contributed by atoms with Gasteiger partial charge in [0, 0.05) is 19.6 Å². The van der Waals surface area contributed by atoms with Gasteiger partial charge in [0.15, 0.2) is 0 Å². The van der Waals surface area contributed by atoms with Crippen LogP contribution >= 0.6 is 0 Å². The average Bonchev–Trinajstić information content (AvgIpc) is 2.64. The molecule has 0 bridgehead atoms. The van der Waals surface area contributed by atoms with Crippen LogP contribution in [-0.4, -0.2) is 20.2 Å². The summed E-state index contributed by atoms with van der Waals surface area (Å²) in [7, 11) is 1.82. The van der Waals surface area contributed by atoms with Gasteiger partial charge in [-0.05, 0) is 31.0 Å². The fourth-order valence-electron chi connectivity index (χ4n) is 3.36. The molecule has 1 unspecified atom stereocenters. The molecular weight excluding hydrogens is 294 g/mol. The Balaban J connectivity index is 2.29. The van der Waals surface area contributed by atoms with Crippen LogP contribution in [0.2, 0.25) is 0 Å². The summed E-state index contributed by atoms with van der Waals surface area (Å²) < 4.78 is 6.20. The van der Waals surface area contributed by atoms with E-state index in [1.165, 1.54) is 11.1 Å². The summed E-state index contributed by atoms with van der Waals surface area (Å²) in [4.78, 5) is 0. The van der Waals surface area contributed by atoms with Crippen LogP contribution in [0.15, 0.2) is 72.8 Å². The molecule has 2 aromatic rings. The van der Waals surface area contributed by atoms with Crippen LogP contribution in [0, 0.1) is 5.92 Å². The molecule has 0 aromatic heterocycles. The molecule has 2 rings (SSSR count). The lowest BCUT2D eigenvalue weighted by atomic mass is 9.76. The zero-order valence-corrected chi connectivity index (χ0v) is 15.0. The van der Waals surface area contributed by atoms with Gasteiger partial charge < -0.3 is 10.1 Å². The molecule has 2 heteroatoms. The van der Waals surface area contributed by atoms with Crippen LogP contribution in [0.1, 0.15) is 31.4 Å². The summed E-state index contributed by atoms with van der Waals surface area (Å²) in [6.45, 7) is 6.20. The molecule has 1 N–H and O–H groups in total. The van der Waals surface area contributed by atoms with E-state index in [-0.39, 0.29) is 5.92 Å². The summed E-state index contributed by atoms with van der Waals surface area (Å²) in [5.41, 5.74) is 1.94. The Morgan fingerprint density at radius 2 is 1.54 bits per heavy atom. The lowest BCUT2D eigenvalue weighted by Crippen LogP contribution is -2.42. The number of allylic oxidation sites excluding steroid dienone is 1. The van der Waals surface area contributed by atoms with E-state index < -0.39 is 5.60 Å². The van der Waals surface area contributed by atoms with E-state index in [0.29, 0.717) is 0 Å². The zero-order valence-electron chi connectivity index (χ0n) is 15.0. The highest BCUT2D eigenvalue weighted by Gasteiger charge is 2.39. The maximum absolute atomic E-state index is 6.20. The first-order valence-electron chi connectivity index (χ1n) is 8.73. The van der Waals surface area contributed by atoms with Gasteiger partial charge in [-0.3, -0.25) is 0 Å². The third-order valence-corrected chi connectivity index (χ3v) is 4.60. The number of methoxy groups -OCH3 is 1. The maximum Gasteiger partial charge on any atom is 0.121 e. The first-order valence-corrected chi connectivity index (χ1v) is 8.73. The minimum absolute atomic E-state index is 0.290. The molecular formula is C22H29NO. The summed E-state index contributed by atoms with van der Waals surface area (Å²) in [5.74, 6) is 0.290. The van der Waals surface area contributed by atoms with Gasteiger partial charge in [0.1, 0.15) is 5.60 Å². The quantitative estimate of drug-likeness (QED) is 0.530. The van der Waals surface area contributed by atoms with Gasteiger partial charge in [0.2, 0.25) is 0 Å². The summed E-state index contributed by atoms with van der Waals surface area (Å²) in [6.07, 6.45) is 5.34. The highest BCUT2D eigenvalue weighted by atomic mass is 16.5. The normalized spacial score (nSPS) is 13.3. The van der Waals surface area contributed by atoms with E-state index in [2.05, 4.69) is 92.0 Å². The topological polar surface area (TPSA) is 21.3 Å². The van der Waals surface area contributed by atoms with Gasteiger partial charge in [0.05, 0.1) is 0 Å². The monoisotopic (exact) mass is 323 g/mol. The Bertz CT molecular complexity index is 567. The number of hydrogen-bond donors (Lipinski definition) is 1. The molecule has 0 heterocycles. The molecule has 0 fully saturated rings. The Labute approximate surface area is 146 Å². The fraction of sp³-hybridized carbons (Fsp3) is 0.364. The van der Waals surface area contributed by atoms with E-state index in [1.54, 1.807) is 0 Å². The number of hydrogen-bond acceptors (Lipinski definition) is 2. The minimum Gasteiger partial charge on any atom is -0.368 e. The molecule has 2 nitrogen and oxygen atoms in total. The van der Waals surface area contributed by atoms with Crippen molar-refractivity contribution in [3.8, 4) is 0 Å². The largest absolute Gasteiger partial charge is 0.368 e. The molecule has 0 radical (unpaired) electrons. The highest BCUT2D eigenvalue weighted by molar-refractivity contribution is 5.37. The van der Waals surface area contributed by atoms with Gasteiger partial charge in [0.25, 0.3) is 0 Å². The number of ether oxygens (including phenoxy) is 1. The van der Waals surface area contributed by atoms with Crippen molar-refractivity contribution in [2.75, 3.05) is 20.2 Å². The minimum atomic E-state index is -0.448. The van der Waals surface area contributed by atoms with Crippen LogP contribution in [0.5, 0.6) is 0 Å². The van der Waals surface area contributed by atoms with Crippen molar-refractivity contribution < 1.29 is 4.74 Å². The van der Waals surface area contributed by atoms with Gasteiger partial charge >= 0.3 is 0 Å². The van der Waals surface area contributed by atoms with E-state index >= 15 is 0 Å². The Morgan fingerprint density at radius 1 is 1.00 bits per heavy atom. The second-order valence-corrected chi connectivity index (χ2v) is 6.13. The van der Waals surface area contributed by atoms with Crippen LogP contribution in [0.4, 0.5) is 0 Å². The van der Waals surface area contributed by atoms with E-state index in [4.69, 9.17) is 4.74 Å². The zero-order chi connectivity index (χ0) is 17.3. The van der Waals surface area contributed by atoms with Gasteiger partial charge in [-0.2, -0.15) is 0 Å². The van der Waals surface area contributed by atoms with Gasteiger partial charge in [-0.1, -0.05) is 79.7 Å². The van der Waals surface area contributed by atoms with Crippen molar-refractivity contribution in [2.24, 2.45) is 5.92 Å². The molecule has 1 atom stereocenters. The van der Waals surface area contributed by atoms with Crippen LogP contribution in [0.3, 0.4) is 0 Å². The molecule has 2 aromatic carbocycles. The van der Waals surface area contributed by atoms with Crippen molar-refractivity contribution in [1.29, 1.82) is 0 Å².